The summed E-state index contributed by atoms with van der Waals surface area (Å²) >= 11 is 0. The molecule has 0 aliphatic heterocycles. The number of hydrogen-bond acceptors (Lipinski definition) is 25. The Hall–Kier alpha value is 4.50. The zero-order valence-electron chi connectivity index (χ0n) is 36.0. The minimum Gasteiger partial charge on any atom is -0.550 e. The maximum atomic E-state index is 9.86. The van der Waals surface area contributed by atoms with Crippen LogP contribution in [0, 0.1) is 0 Å². The van der Waals surface area contributed by atoms with Crippen LogP contribution in [0.5, 0.6) is 0 Å². The van der Waals surface area contributed by atoms with Crippen molar-refractivity contribution >= 4 is 59.7 Å². The van der Waals surface area contributed by atoms with E-state index in [1.165, 1.54) is 0 Å². The minimum absolute atomic E-state index is 0. The Balaban J connectivity index is -0.0000000312. The second kappa shape index (κ2) is 70.1. The van der Waals surface area contributed by atoms with Gasteiger partial charge in [0.15, 0.2) is 0 Å². The first kappa shape index (κ1) is 106. The van der Waals surface area contributed by atoms with Crippen molar-refractivity contribution in [1.29, 1.82) is 0 Å². The van der Waals surface area contributed by atoms with Gasteiger partial charge in [-0.1, -0.05) is 0 Å². The van der Waals surface area contributed by atoms with Crippen LogP contribution in [0.25, 0.3) is 0 Å². The zero-order chi connectivity index (χ0) is 40.7. The van der Waals surface area contributed by atoms with E-state index in [4.69, 9.17) is 28.7 Å². The first-order valence-corrected chi connectivity index (χ1v) is 13.5. The van der Waals surface area contributed by atoms with E-state index in [1.807, 2.05) is 0 Å². The molecule has 0 aliphatic rings. The van der Waals surface area contributed by atoms with Crippen molar-refractivity contribution in [2.45, 2.75) is 94.4 Å². The molecule has 35 heteroatoms. The molecule has 10 N–H and O–H groups in total. The van der Waals surface area contributed by atoms with Crippen LogP contribution in [-0.2, 0) is 47.9 Å². The molecule has 0 heterocycles. The van der Waals surface area contributed by atoms with Gasteiger partial charge in [-0.25, -0.2) is 0 Å². The second-order valence-electron chi connectivity index (χ2n) is 9.18. The molecule has 0 aliphatic carbocycles. The van der Waals surface area contributed by atoms with E-state index in [0.717, 1.165) is 0 Å². The van der Waals surface area contributed by atoms with Crippen LogP contribution < -0.4 is 375 Å². The number of hydrogen-bond donors (Lipinski definition) is 5. The summed E-state index contributed by atoms with van der Waals surface area (Å²) < 4.78 is 0. The molecular formula is C25H35N5Na10O20. The largest absolute Gasteiger partial charge is 1.00 e. The monoisotopic (exact) mass is 955 g/mol. The molecule has 60 heavy (non-hydrogen) atoms. The molecule has 5 atom stereocenters. The molecule has 0 aromatic heterocycles. The third-order valence-electron chi connectivity index (χ3n) is 4.81. The average Bonchev–Trinajstić information content (AvgIpc) is 2.99. The van der Waals surface area contributed by atoms with Crippen LogP contribution in [0.3, 0.4) is 0 Å². The minimum atomic E-state index is -1.44. The molecule has 0 saturated heterocycles. The number of carboxylic acids is 10. The van der Waals surface area contributed by atoms with E-state index in [9.17, 15) is 99.0 Å². The van der Waals surface area contributed by atoms with Gasteiger partial charge in [0, 0.05) is 60.1 Å². The molecule has 0 bridgehead atoms. The van der Waals surface area contributed by atoms with E-state index in [1.54, 1.807) is 0 Å². The summed E-state index contributed by atoms with van der Waals surface area (Å²) in [6, 6.07) is -6.05. The summed E-state index contributed by atoms with van der Waals surface area (Å²) in [5, 5.41) is 98.0. The number of carbonyl (C=O) groups is 10. The van der Waals surface area contributed by atoms with Gasteiger partial charge in [0.05, 0.1) is 29.8 Å². The van der Waals surface area contributed by atoms with E-state index in [-0.39, 0.29) is 360 Å². The topological polar surface area (TPSA) is 531 Å². The number of aliphatic carboxylic acids is 10. The molecule has 0 rings (SSSR count). The molecule has 0 spiro atoms. The van der Waals surface area contributed by atoms with Crippen LogP contribution in [0.1, 0.15) is 64.2 Å². The third kappa shape index (κ3) is 96.5. The Kier molecular flexibility index (Phi) is 124. The number of carbonyl (C=O) groups excluding carboxylic acids is 10. The summed E-state index contributed by atoms with van der Waals surface area (Å²) in [6.45, 7) is 0. The first-order chi connectivity index (χ1) is 22.7. The smallest absolute Gasteiger partial charge is 0.550 e. The van der Waals surface area contributed by atoms with E-state index in [0.29, 0.717) is 0 Å². The fourth-order valence-electron chi connectivity index (χ4n) is 1.96. The summed E-state index contributed by atoms with van der Waals surface area (Å²) in [4.78, 5) is 98.0. The molecule has 0 unspecified atom stereocenters. The zero-order valence-corrected chi connectivity index (χ0v) is 56.0. The van der Waals surface area contributed by atoms with Crippen molar-refractivity contribution in [3.63, 3.8) is 0 Å². The Labute approximate surface area is 566 Å². The third-order valence-corrected chi connectivity index (χ3v) is 4.81. The van der Waals surface area contributed by atoms with Crippen molar-refractivity contribution in [2.75, 3.05) is 0 Å². The molecule has 25 nitrogen and oxygen atoms in total. The van der Waals surface area contributed by atoms with Gasteiger partial charge in [-0.2, -0.15) is 0 Å². The quantitative estimate of drug-likeness (QED) is 0.0707. The summed E-state index contributed by atoms with van der Waals surface area (Å²) in [5.74, 6) is -13.8. The Bertz CT molecular complexity index is 959. The standard InChI is InChI=1S/5C5H9NO4.10Na/c5*6-3(5(9)10)1-2-4(7)8;;;;;;;;;;/h5*3H,1-2,6H2,(H,7,8)(H,9,10);;;;;;;;;;/q;;;;;10*+1/p-10/t5*3-;;;;;;;;;;/m00000........../s1. The Morgan fingerprint density at radius 1 is 0.250 bits per heavy atom. The summed E-state index contributed by atoms with van der Waals surface area (Å²) in [7, 11) is 0. The maximum Gasteiger partial charge on any atom is 1.00 e. The predicted octanol–water partition coefficient (Wildman–Crippen LogP) is -47.0. The van der Waals surface area contributed by atoms with E-state index < -0.39 is 89.9 Å². The average molecular weight is 955 g/mol. The fraction of sp³-hybridized carbons (Fsp3) is 0.600. The number of nitrogens with two attached hydrogens (primary N) is 5. The summed E-state index contributed by atoms with van der Waals surface area (Å²) in [6.07, 6.45) is -2.50. The Morgan fingerprint density at radius 2 is 0.333 bits per heavy atom. The van der Waals surface area contributed by atoms with Crippen molar-refractivity contribution in [3.8, 4) is 0 Å². The van der Waals surface area contributed by atoms with Crippen LogP contribution in [0.15, 0.2) is 0 Å². The molecule has 0 saturated carbocycles. The second-order valence-corrected chi connectivity index (χ2v) is 9.18. The molecule has 0 radical (unpaired) electrons. The van der Waals surface area contributed by atoms with E-state index >= 15 is 0 Å². The van der Waals surface area contributed by atoms with Gasteiger partial charge in [0.2, 0.25) is 0 Å². The van der Waals surface area contributed by atoms with Crippen molar-refractivity contribution < 1.29 is 395 Å². The molecule has 0 fully saturated rings. The van der Waals surface area contributed by atoms with Crippen LogP contribution in [0.4, 0.5) is 0 Å². The molecular weight excluding hydrogens is 920 g/mol. The van der Waals surface area contributed by atoms with Crippen molar-refractivity contribution in [1.82, 2.24) is 0 Å². The van der Waals surface area contributed by atoms with Gasteiger partial charge >= 0.3 is 296 Å². The fourth-order valence-corrected chi connectivity index (χ4v) is 1.96. The SMILES string of the molecule is N[C@@H](CCC(=O)[O-])C(=O)[O-].N[C@@H](CCC(=O)[O-])C(=O)[O-].N[C@@H](CCC(=O)[O-])C(=O)[O-].N[C@@H](CCC(=O)[O-])C(=O)[O-].N[C@@H](CCC(=O)[O-])C(=O)[O-].[Na+].[Na+].[Na+].[Na+].[Na+].[Na+].[Na+].[Na+].[Na+].[Na+]. The Morgan fingerprint density at radius 3 is 0.383 bits per heavy atom. The molecule has 0 amide bonds. The first-order valence-electron chi connectivity index (χ1n) is 13.5. The van der Waals surface area contributed by atoms with Gasteiger partial charge in [-0.15, -0.1) is 0 Å². The van der Waals surface area contributed by atoms with Gasteiger partial charge in [0.25, 0.3) is 0 Å². The van der Waals surface area contributed by atoms with Crippen LogP contribution >= 0.6 is 0 Å². The van der Waals surface area contributed by atoms with Crippen LogP contribution in [-0.4, -0.2) is 89.9 Å². The van der Waals surface area contributed by atoms with Gasteiger partial charge in [-0.05, 0) is 64.2 Å². The number of carboxylic acid groups (broad SMARTS) is 10. The molecule has 290 valence electrons. The normalized spacial score (nSPS) is 10.4. The van der Waals surface area contributed by atoms with Crippen molar-refractivity contribution in [2.24, 2.45) is 28.7 Å². The summed E-state index contributed by atoms with van der Waals surface area (Å²) in [5.41, 5.74) is 24.6. The predicted molar refractivity (Wildman–Crippen MR) is 136 cm³/mol. The van der Waals surface area contributed by atoms with E-state index in [2.05, 4.69) is 0 Å². The maximum absolute atomic E-state index is 9.86. The molecule has 0 aromatic rings. The van der Waals surface area contributed by atoms with Gasteiger partial charge in [-0.3, -0.25) is 0 Å². The van der Waals surface area contributed by atoms with Crippen LogP contribution in [0.2, 0.25) is 0 Å². The van der Waals surface area contributed by atoms with Crippen molar-refractivity contribution in [3.05, 3.63) is 0 Å². The van der Waals surface area contributed by atoms with Gasteiger partial charge < -0.3 is 128 Å². The van der Waals surface area contributed by atoms with Gasteiger partial charge in [0.1, 0.15) is 0 Å². The molecule has 0 aromatic carbocycles. The number of rotatable bonds is 20.